The molecular formula is C18H27NO2. The lowest BCUT2D eigenvalue weighted by Gasteiger charge is -2.16. The van der Waals surface area contributed by atoms with E-state index in [1.165, 1.54) is 30.4 Å². The molecule has 1 saturated carbocycles. The monoisotopic (exact) mass is 289 g/mol. The van der Waals surface area contributed by atoms with Crippen molar-refractivity contribution in [3.05, 3.63) is 29.3 Å². The number of hydrogen-bond acceptors (Lipinski definition) is 3. The lowest BCUT2D eigenvalue weighted by molar-refractivity contribution is 0.138. The quantitative estimate of drug-likeness (QED) is 0.835. The average Bonchev–Trinajstić information content (AvgIpc) is 3.12. The van der Waals surface area contributed by atoms with Crippen molar-refractivity contribution in [2.75, 3.05) is 20.3 Å². The van der Waals surface area contributed by atoms with Crippen LogP contribution in [0.15, 0.2) is 18.2 Å². The molecule has 1 aromatic carbocycles. The van der Waals surface area contributed by atoms with E-state index in [-0.39, 0.29) is 5.60 Å². The molecule has 1 N–H and O–H groups in total. The third-order valence-electron chi connectivity index (χ3n) is 4.75. The minimum Gasteiger partial charge on any atom is -0.487 e. The highest BCUT2D eigenvalue weighted by Crippen LogP contribution is 2.48. The second kappa shape index (κ2) is 5.62. The Morgan fingerprint density at radius 3 is 2.81 bits per heavy atom. The van der Waals surface area contributed by atoms with Gasteiger partial charge in [-0.2, -0.15) is 0 Å². The zero-order valence-electron chi connectivity index (χ0n) is 13.5. The normalized spacial score (nSPS) is 20.9. The summed E-state index contributed by atoms with van der Waals surface area (Å²) in [6.07, 6.45) is 4.88. The number of hydrogen-bond donors (Lipinski definition) is 1. The van der Waals surface area contributed by atoms with Gasteiger partial charge in [0.2, 0.25) is 0 Å². The molecule has 1 aliphatic carbocycles. The highest BCUT2D eigenvalue weighted by atomic mass is 16.5. The van der Waals surface area contributed by atoms with Crippen LogP contribution in [0.5, 0.6) is 5.75 Å². The number of fused-ring (bicyclic) bond motifs is 1. The summed E-state index contributed by atoms with van der Waals surface area (Å²) in [5, 5.41) is 3.63. The first kappa shape index (κ1) is 14.9. The molecule has 1 heterocycles. The fraction of sp³-hybridized carbons (Fsp3) is 0.667. The van der Waals surface area contributed by atoms with Crippen LogP contribution in [-0.2, 0) is 17.7 Å². The Morgan fingerprint density at radius 2 is 2.10 bits per heavy atom. The third kappa shape index (κ3) is 3.58. The molecule has 21 heavy (non-hydrogen) atoms. The molecule has 0 atom stereocenters. The molecule has 1 fully saturated rings. The molecule has 2 aliphatic rings. The van der Waals surface area contributed by atoms with E-state index in [0.717, 1.165) is 31.9 Å². The minimum atomic E-state index is -0.0490. The van der Waals surface area contributed by atoms with Gasteiger partial charge in [0, 0.05) is 33.2 Å². The second-order valence-corrected chi connectivity index (χ2v) is 7.33. The summed E-state index contributed by atoms with van der Waals surface area (Å²) in [6.45, 7) is 7.24. The Bertz CT molecular complexity index is 506. The van der Waals surface area contributed by atoms with E-state index < -0.39 is 0 Å². The lowest BCUT2D eigenvalue weighted by Crippen LogP contribution is -2.25. The summed E-state index contributed by atoms with van der Waals surface area (Å²) in [5.74, 6) is 1.06. The fourth-order valence-electron chi connectivity index (χ4n) is 3.26. The van der Waals surface area contributed by atoms with Crippen molar-refractivity contribution in [3.63, 3.8) is 0 Å². The molecule has 0 spiro atoms. The van der Waals surface area contributed by atoms with Gasteiger partial charge >= 0.3 is 0 Å². The first-order valence-electron chi connectivity index (χ1n) is 8.03. The van der Waals surface area contributed by atoms with Gasteiger partial charge in [0.25, 0.3) is 0 Å². The predicted molar refractivity (Wildman–Crippen MR) is 84.7 cm³/mol. The van der Waals surface area contributed by atoms with Crippen LogP contribution in [0.3, 0.4) is 0 Å². The molecule has 0 unspecified atom stereocenters. The summed E-state index contributed by atoms with van der Waals surface area (Å²) >= 11 is 0. The Balaban J connectivity index is 1.51. The Morgan fingerprint density at radius 1 is 1.29 bits per heavy atom. The Labute approximate surface area is 128 Å². The minimum absolute atomic E-state index is 0.0490. The van der Waals surface area contributed by atoms with Crippen molar-refractivity contribution in [2.45, 2.75) is 51.7 Å². The summed E-state index contributed by atoms with van der Waals surface area (Å²) < 4.78 is 11.1. The molecule has 0 radical (unpaired) electrons. The largest absolute Gasteiger partial charge is 0.487 e. The van der Waals surface area contributed by atoms with Gasteiger partial charge in [0.15, 0.2) is 0 Å². The number of ether oxygens (including phenoxy) is 2. The van der Waals surface area contributed by atoms with Crippen LogP contribution in [0.1, 0.15) is 44.2 Å². The highest BCUT2D eigenvalue weighted by molar-refractivity contribution is 5.41. The molecule has 1 aromatic rings. The molecule has 1 aliphatic heterocycles. The van der Waals surface area contributed by atoms with E-state index in [1.807, 2.05) is 0 Å². The van der Waals surface area contributed by atoms with Crippen LogP contribution in [0.25, 0.3) is 0 Å². The highest BCUT2D eigenvalue weighted by Gasteiger charge is 2.41. The average molecular weight is 289 g/mol. The molecule has 3 heteroatoms. The predicted octanol–water partition coefficient (Wildman–Crippen LogP) is 3.31. The molecule has 0 saturated heterocycles. The van der Waals surface area contributed by atoms with Crippen LogP contribution in [0.4, 0.5) is 0 Å². The maximum absolute atomic E-state index is 5.93. The SMILES string of the molecule is COCCC1(CNCc2ccc3c(c2)CC(C)(C)O3)CC1. The summed E-state index contributed by atoms with van der Waals surface area (Å²) in [5.41, 5.74) is 3.17. The van der Waals surface area contributed by atoms with E-state index in [2.05, 4.69) is 37.4 Å². The van der Waals surface area contributed by atoms with Crippen molar-refractivity contribution in [3.8, 4) is 5.75 Å². The van der Waals surface area contributed by atoms with E-state index in [0.29, 0.717) is 5.41 Å². The van der Waals surface area contributed by atoms with Gasteiger partial charge < -0.3 is 14.8 Å². The number of rotatable bonds is 7. The molecule has 116 valence electrons. The number of benzene rings is 1. The summed E-state index contributed by atoms with van der Waals surface area (Å²) in [7, 11) is 1.79. The summed E-state index contributed by atoms with van der Waals surface area (Å²) in [6, 6.07) is 6.60. The molecule has 0 bridgehead atoms. The van der Waals surface area contributed by atoms with E-state index in [1.54, 1.807) is 7.11 Å². The van der Waals surface area contributed by atoms with Gasteiger partial charge in [-0.1, -0.05) is 12.1 Å². The smallest absolute Gasteiger partial charge is 0.123 e. The van der Waals surface area contributed by atoms with E-state index in [4.69, 9.17) is 9.47 Å². The van der Waals surface area contributed by atoms with Gasteiger partial charge in [-0.3, -0.25) is 0 Å². The van der Waals surface area contributed by atoms with Gasteiger partial charge in [-0.15, -0.1) is 0 Å². The van der Waals surface area contributed by atoms with Gasteiger partial charge in [0.1, 0.15) is 11.4 Å². The van der Waals surface area contributed by atoms with Gasteiger partial charge in [-0.25, -0.2) is 0 Å². The maximum atomic E-state index is 5.93. The molecule has 3 rings (SSSR count). The maximum Gasteiger partial charge on any atom is 0.123 e. The topological polar surface area (TPSA) is 30.5 Å². The van der Waals surface area contributed by atoms with Crippen LogP contribution in [-0.4, -0.2) is 25.9 Å². The first-order valence-corrected chi connectivity index (χ1v) is 8.03. The van der Waals surface area contributed by atoms with E-state index in [9.17, 15) is 0 Å². The number of methoxy groups -OCH3 is 1. The third-order valence-corrected chi connectivity index (χ3v) is 4.75. The Kier molecular flexibility index (Phi) is 3.98. The zero-order valence-corrected chi connectivity index (χ0v) is 13.5. The summed E-state index contributed by atoms with van der Waals surface area (Å²) in [4.78, 5) is 0. The standard InChI is InChI=1S/C18H27NO2/c1-17(2)11-15-10-14(4-5-16(15)21-17)12-19-13-18(6-7-18)8-9-20-3/h4-5,10,19H,6-9,11-13H2,1-3H3. The van der Waals surface area contributed by atoms with Crippen molar-refractivity contribution < 1.29 is 9.47 Å². The van der Waals surface area contributed by atoms with Crippen LogP contribution < -0.4 is 10.1 Å². The number of nitrogens with one attached hydrogen (secondary N) is 1. The van der Waals surface area contributed by atoms with Crippen LogP contribution in [0.2, 0.25) is 0 Å². The van der Waals surface area contributed by atoms with Crippen LogP contribution >= 0.6 is 0 Å². The van der Waals surface area contributed by atoms with Crippen molar-refractivity contribution >= 4 is 0 Å². The fourth-order valence-corrected chi connectivity index (χ4v) is 3.26. The van der Waals surface area contributed by atoms with Gasteiger partial charge in [0.05, 0.1) is 0 Å². The molecule has 0 aromatic heterocycles. The van der Waals surface area contributed by atoms with Gasteiger partial charge in [-0.05, 0) is 55.7 Å². The molecule has 0 amide bonds. The second-order valence-electron chi connectivity index (χ2n) is 7.33. The van der Waals surface area contributed by atoms with E-state index >= 15 is 0 Å². The zero-order chi connectivity index (χ0) is 14.9. The van der Waals surface area contributed by atoms with Crippen LogP contribution in [0, 0.1) is 5.41 Å². The van der Waals surface area contributed by atoms with Crippen molar-refractivity contribution in [1.82, 2.24) is 5.32 Å². The first-order chi connectivity index (χ1) is 10.0. The molecule has 3 nitrogen and oxygen atoms in total. The lowest BCUT2D eigenvalue weighted by atomic mass is 10.00. The Hall–Kier alpha value is -1.06. The van der Waals surface area contributed by atoms with Crippen molar-refractivity contribution in [2.24, 2.45) is 5.41 Å². The van der Waals surface area contributed by atoms with Crippen molar-refractivity contribution in [1.29, 1.82) is 0 Å². The molecular weight excluding hydrogens is 262 g/mol.